The average Bonchev–Trinajstić information content (AvgIpc) is 2.82. The Morgan fingerprint density at radius 2 is 1.82 bits per heavy atom. The van der Waals surface area contributed by atoms with Crippen LogP contribution in [0.5, 0.6) is 0 Å². The lowest BCUT2D eigenvalue weighted by Crippen LogP contribution is -2.45. The zero-order valence-corrected chi connectivity index (χ0v) is 20.2. The van der Waals surface area contributed by atoms with E-state index in [0.717, 1.165) is 37.7 Å². The summed E-state index contributed by atoms with van der Waals surface area (Å²) in [5.41, 5.74) is 1.81. The largest absolute Gasteiger partial charge is 0.356 e. The summed E-state index contributed by atoms with van der Waals surface area (Å²) in [6, 6.07) is 13.3. The van der Waals surface area contributed by atoms with E-state index in [1.54, 1.807) is 41.3 Å². The van der Waals surface area contributed by atoms with Gasteiger partial charge >= 0.3 is 0 Å². The van der Waals surface area contributed by atoms with Crippen LogP contribution in [0.1, 0.15) is 55.5 Å². The number of hydrogen-bond donors (Lipinski definition) is 2. The molecule has 2 amide bonds. The molecule has 0 spiro atoms. The third kappa shape index (κ3) is 6.57. The molecule has 1 fully saturated rings. The number of nitrogens with one attached hydrogen (secondary N) is 2. The van der Waals surface area contributed by atoms with Gasteiger partial charge in [-0.05, 0) is 61.6 Å². The number of anilines is 1. The van der Waals surface area contributed by atoms with Crippen LogP contribution in [-0.2, 0) is 21.2 Å². The normalized spacial score (nSPS) is 16.3. The van der Waals surface area contributed by atoms with Crippen LogP contribution in [0.4, 0.5) is 5.69 Å². The van der Waals surface area contributed by atoms with E-state index in [4.69, 9.17) is 0 Å². The molecule has 0 radical (unpaired) electrons. The molecule has 0 saturated carbocycles. The second kappa shape index (κ2) is 11.3. The molecule has 0 unspecified atom stereocenters. The minimum atomic E-state index is -3.77. The number of rotatable bonds is 9. The number of hydrogen-bond acceptors (Lipinski definition) is 4. The maximum Gasteiger partial charge on any atom is 0.261 e. The standard InChI is InChI=1S/C25H33N3O4S/c1-3-7-19-11-13-23(14-12-19)33(31,32)27-22-10-5-8-20(17-22)25(30)28-16-6-9-21(18-28)24(29)26-15-4-2/h5,8,10-14,17,21,27H,3-4,6-7,9,15-16,18H2,1-2H3,(H,26,29)/t21-/m1/s1. The molecule has 1 atom stereocenters. The van der Waals surface area contributed by atoms with E-state index in [2.05, 4.69) is 17.0 Å². The molecule has 0 aliphatic carbocycles. The molecule has 2 aromatic carbocycles. The van der Waals surface area contributed by atoms with E-state index < -0.39 is 10.0 Å². The van der Waals surface area contributed by atoms with E-state index in [1.165, 1.54) is 0 Å². The van der Waals surface area contributed by atoms with Gasteiger partial charge in [0.05, 0.1) is 10.8 Å². The summed E-state index contributed by atoms with van der Waals surface area (Å²) < 4.78 is 28.2. The van der Waals surface area contributed by atoms with Gasteiger partial charge in [-0.2, -0.15) is 0 Å². The van der Waals surface area contributed by atoms with Gasteiger partial charge in [0.15, 0.2) is 0 Å². The van der Waals surface area contributed by atoms with E-state index in [9.17, 15) is 18.0 Å². The van der Waals surface area contributed by atoms with Gasteiger partial charge in [-0.3, -0.25) is 14.3 Å². The summed E-state index contributed by atoms with van der Waals surface area (Å²) in [6.45, 7) is 5.66. The van der Waals surface area contributed by atoms with Gasteiger partial charge in [0, 0.05) is 30.9 Å². The van der Waals surface area contributed by atoms with Crippen molar-refractivity contribution in [3.05, 3.63) is 59.7 Å². The quantitative estimate of drug-likeness (QED) is 0.581. The van der Waals surface area contributed by atoms with Crippen LogP contribution in [0.15, 0.2) is 53.4 Å². The lowest BCUT2D eigenvalue weighted by molar-refractivity contribution is -0.126. The van der Waals surface area contributed by atoms with E-state index in [0.29, 0.717) is 30.9 Å². The van der Waals surface area contributed by atoms with Crippen LogP contribution in [-0.4, -0.2) is 44.8 Å². The Morgan fingerprint density at radius 3 is 2.52 bits per heavy atom. The van der Waals surface area contributed by atoms with Gasteiger partial charge in [0.2, 0.25) is 5.91 Å². The van der Waals surface area contributed by atoms with Crippen molar-refractivity contribution in [1.82, 2.24) is 10.2 Å². The Hall–Kier alpha value is -2.87. The number of piperidine rings is 1. The number of carbonyl (C=O) groups is 2. The lowest BCUT2D eigenvalue weighted by Gasteiger charge is -2.32. The number of benzene rings is 2. The monoisotopic (exact) mass is 471 g/mol. The Balaban J connectivity index is 1.69. The highest BCUT2D eigenvalue weighted by Crippen LogP contribution is 2.22. The third-order valence-corrected chi connectivity index (χ3v) is 7.16. The topological polar surface area (TPSA) is 95.6 Å². The van der Waals surface area contributed by atoms with Gasteiger partial charge in [-0.1, -0.05) is 38.5 Å². The molecule has 0 bridgehead atoms. The molecule has 7 nitrogen and oxygen atoms in total. The average molecular weight is 472 g/mol. The van der Waals surface area contributed by atoms with Gasteiger partial charge < -0.3 is 10.2 Å². The Labute approximate surface area is 196 Å². The third-order valence-electron chi connectivity index (χ3n) is 5.76. The molecule has 3 rings (SSSR count). The van der Waals surface area contributed by atoms with Crippen LogP contribution < -0.4 is 10.0 Å². The molecular weight excluding hydrogens is 438 g/mol. The number of amides is 2. The van der Waals surface area contributed by atoms with Crippen LogP contribution >= 0.6 is 0 Å². The molecule has 8 heteroatoms. The molecule has 2 N–H and O–H groups in total. The molecule has 0 aromatic heterocycles. The van der Waals surface area contributed by atoms with Gasteiger partial charge in [0.25, 0.3) is 15.9 Å². The number of likely N-dealkylation sites (tertiary alicyclic amines) is 1. The SMILES string of the molecule is CCCNC(=O)[C@@H]1CCCN(C(=O)c2cccc(NS(=O)(=O)c3ccc(CCC)cc3)c2)C1. The molecular formula is C25H33N3O4S. The van der Waals surface area contributed by atoms with Crippen molar-refractivity contribution in [2.24, 2.45) is 5.92 Å². The first-order chi connectivity index (χ1) is 15.8. The zero-order chi connectivity index (χ0) is 23.8. The first kappa shape index (κ1) is 24.8. The van der Waals surface area contributed by atoms with Crippen LogP contribution in [0, 0.1) is 5.92 Å². The summed E-state index contributed by atoms with van der Waals surface area (Å²) in [5, 5.41) is 2.91. The summed E-state index contributed by atoms with van der Waals surface area (Å²) in [4.78, 5) is 27.3. The second-order valence-electron chi connectivity index (χ2n) is 8.46. The predicted molar refractivity (Wildman–Crippen MR) is 130 cm³/mol. The fourth-order valence-corrected chi connectivity index (χ4v) is 5.05. The van der Waals surface area contributed by atoms with Crippen molar-refractivity contribution in [1.29, 1.82) is 0 Å². The molecule has 2 aromatic rings. The number of carbonyl (C=O) groups excluding carboxylic acids is 2. The van der Waals surface area contributed by atoms with Crippen molar-refractivity contribution in [2.75, 3.05) is 24.4 Å². The minimum absolute atomic E-state index is 0.0131. The highest BCUT2D eigenvalue weighted by molar-refractivity contribution is 7.92. The Kier molecular flexibility index (Phi) is 8.49. The number of sulfonamides is 1. The maximum atomic E-state index is 13.1. The predicted octanol–water partition coefficient (Wildman–Crippen LogP) is 3.82. The fourth-order valence-electron chi connectivity index (χ4n) is 4.00. The molecule has 1 aliphatic rings. The van der Waals surface area contributed by atoms with E-state index in [-0.39, 0.29) is 22.6 Å². The molecule has 178 valence electrons. The van der Waals surface area contributed by atoms with Crippen molar-refractivity contribution in [3.8, 4) is 0 Å². The molecule has 1 heterocycles. The summed E-state index contributed by atoms with van der Waals surface area (Å²) in [6.07, 6.45) is 4.28. The Bertz CT molecular complexity index is 1070. The molecule has 33 heavy (non-hydrogen) atoms. The van der Waals surface area contributed by atoms with Crippen molar-refractivity contribution >= 4 is 27.5 Å². The van der Waals surface area contributed by atoms with E-state index >= 15 is 0 Å². The minimum Gasteiger partial charge on any atom is -0.356 e. The summed E-state index contributed by atoms with van der Waals surface area (Å²) >= 11 is 0. The van der Waals surface area contributed by atoms with Gasteiger partial charge in [0.1, 0.15) is 0 Å². The highest BCUT2D eigenvalue weighted by atomic mass is 32.2. The smallest absolute Gasteiger partial charge is 0.261 e. The molecule has 1 aliphatic heterocycles. The van der Waals surface area contributed by atoms with Crippen molar-refractivity contribution in [2.45, 2.75) is 50.8 Å². The maximum absolute atomic E-state index is 13.1. The second-order valence-corrected chi connectivity index (χ2v) is 10.1. The lowest BCUT2D eigenvalue weighted by atomic mass is 9.96. The summed E-state index contributed by atoms with van der Waals surface area (Å²) in [7, 11) is -3.77. The van der Waals surface area contributed by atoms with Gasteiger partial charge in [-0.25, -0.2) is 8.42 Å². The first-order valence-electron chi connectivity index (χ1n) is 11.6. The molecule has 1 saturated heterocycles. The van der Waals surface area contributed by atoms with Gasteiger partial charge in [-0.15, -0.1) is 0 Å². The number of aryl methyl sites for hydroxylation is 1. The highest BCUT2D eigenvalue weighted by Gasteiger charge is 2.29. The zero-order valence-electron chi connectivity index (χ0n) is 19.3. The Morgan fingerprint density at radius 1 is 1.06 bits per heavy atom. The van der Waals surface area contributed by atoms with Crippen LogP contribution in [0.25, 0.3) is 0 Å². The van der Waals surface area contributed by atoms with Crippen molar-refractivity contribution in [3.63, 3.8) is 0 Å². The van der Waals surface area contributed by atoms with Crippen molar-refractivity contribution < 1.29 is 18.0 Å². The first-order valence-corrected chi connectivity index (χ1v) is 13.1. The summed E-state index contributed by atoms with van der Waals surface area (Å²) in [5.74, 6) is -0.430. The fraction of sp³-hybridized carbons (Fsp3) is 0.440. The van der Waals surface area contributed by atoms with Crippen LogP contribution in [0.3, 0.4) is 0 Å². The van der Waals surface area contributed by atoms with Crippen LogP contribution in [0.2, 0.25) is 0 Å². The number of nitrogens with zero attached hydrogens (tertiary/aromatic N) is 1. The van der Waals surface area contributed by atoms with E-state index in [1.807, 2.05) is 19.1 Å².